The van der Waals surface area contributed by atoms with E-state index in [0.29, 0.717) is 0 Å². The Bertz CT molecular complexity index is 521. The van der Waals surface area contributed by atoms with Gasteiger partial charge < -0.3 is 9.80 Å². The van der Waals surface area contributed by atoms with E-state index in [0.717, 1.165) is 26.4 Å². The van der Waals surface area contributed by atoms with E-state index in [9.17, 15) is 0 Å². The molecule has 0 saturated carbocycles. The second kappa shape index (κ2) is 5.25. The highest BCUT2D eigenvalue weighted by Crippen LogP contribution is 2.40. The van der Waals surface area contributed by atoms with Crippen LogP contribution in [0.2, 0.25) is 0 Å². The van der Waals surface area contributed by atoms with E-state index in [1.807, 2.05) is 19.0 Å². The fraction of sp³-hybridized carbons (Fsp3) is 0.300. The van der Waals surface area contributed by atoms with Crippen LogP contribution in [0.15, 0.2) is 11.0 Å². The SMILES string of the molecule is CN(C)C(=S)N1c2c(cc([Si])c([Si])c2[Si])SC1[Si]. The minimum atomic E-state index is 0.101. The van der Waals surface area contributed by atoms with E-state index in [1.54, 1.807) is 11.8 Å². The van der Waals surface area contributed by atoms with Crippen LogP contribution in [0.1, 0.15) is 0 Å². The van der Waals surface area contributed by atoms with Gasteiger partial charge in [-0.25, -0.2) is 0 Å². The van der Waals surface area contributed by atoms with Gasteiger partial charge in [-0.05, 0) is 23.5 Å². The number of benzene rings is 1. The standard InChI is InChI=1S/C10H8N2S2Si4/c1-11(2)9(13)12-6-4(14-10(12)18)3-5(15)7(16)8(6)17/h3,10H,1-2H3. The summed E-state index contributed by atoms with van der Waals surface area (Å²) in [6.07, 6.45) is 0. The van der Waals surface area contributed by atoms with Crippen molar-refractivity contribution in [3.05, 3.63) is 6.07 Å². The largest absolute Gasteiger partial charge is 0.355 e. The highest BCUT2D eigenvalue weighted by atomic mass is 32.2. The van der Waals surface area contributed by atoms with Crippen molar-refractivity contribution >= 4 is 91.3 Å². The Morgan fingerprint density at radius 1 is 1.33 bits per heavy atom. The minimum Gasteiger partial charge on any atom is -0.355 e. The van der Waals surface area contributed by atoms with Crippen LogP contribution in [0.25, 0.3) is 0 Å². The Morgan fingerprint density at radius 2 is 1.94 bits per heavy atom. The quantitative estimate of drug-likeness (QED) is 0.412. The molecule has 18 heavy (non-hydrogen) atoms. The van der Waals surface area contributed by atoms with Crippen LogP contribution < -0.4 is 20.5 Å². The zero-order chi connectivity index (χ0) is 13.6. The first-order valence-electron chi connectivity index (χ1n) is 5.08. The van der Waals surface area contributed by atoms with Crippen LogP contribution in [0, 0.1) is 0 Å². The van der Waals surface area contributed by atoms with Crippen molar-refractivity contribution in [2.45, 2.75) is 9.89 Å². The van der Waals surface area contributed by atoms with Crippen LogP contribution in [-0.4, -0.2) is 70.1 Å². The van der Waals surface area contributed by atoms with Gasteiger partial charge in [0.25, 0.3) is 0 Å². The van der Waals surface area contributed by atoms with Crippen molar-refractivity contribution in [1.82, 2.24) is 4.90 Å². The van der Waals surface area contributed by atoms with Crippen LogP contribution in [0.4, 0.5) is 5.69 Å². The lowest BCUT2D eigenvalue weighted by Crippen LogP contribution is -2.47. The second-order valence-electron chi connectivity index (χ2n) is 4.04. The Hall–Kier alpha value is 0.128. The molecule has 12 radical (unpaired) electrons. The molecular weight excluding hydrogens is 325 g/mol. The summed E-state index contributed by atoms with van der Waals surface area (Å²) < 4.78 is 0. The molecule has 0 amide bonds. The first-order chi connectivity index (χ1) is 8.34. The van der Waals surface area contributed by atoms with Crippen molar-refractivity contribution in [3.8, 4) is 0 Å². The average Bonchev–Trinajstić information content (AvgIpc) is 2.61. The normalized spacial score (nSPS) is 17.9. The summed E-state index contributed by atoms with van der Waals surface area (Å²) in [4.78, 5) is 5.29. The van der Waals surface area contributed by atoms with Gasteiger partial charge in [0.15, 0.2) is 5.11 Å². The van der Waals surface area contributed by atoms with E-state index < -0.39 is 0 Å². The molecule has 0 aromatic heterocycles. The molecule has 0 aliphatic carbocycles. The maximum absolute atomic E-state index is 5.48. The maximum Gasteiger partial charge on any atom is 0.176 e. The van der Waals surface area contributed by atoms with Gasteiger partial charge >= 0.3 is 0 Å². The molecule has 0 saturated heterocycles. The molecule has 1 atom stereocenters. The van der Waals surface area contributed by atoms with Crippen molar-refractivity contribution in [1.29, 1.82) is 0 Å². The van der Waals surface area contributed by atoms with Crippen molar-refractivity contribution < 1.29 is 0 Å². The van der Waals surface area contributed by atoms with Crippen LogP contribution in [0.5, 0.6) is 0 Å². The van der Waals surface area contributed by atoms with Gasteiger partial charge in [0.05, 0.1) is 51.7 Å². The molecule has 0 fully saturated rings. The summed E-state index contributed by atoms with van der Waals surface area (Å²) in [5.74, 6) is 0. The smallest absolute Gasteiger partial charge is 0.176 e. The third-order valence-corrected chi connectivity index (χ3v) is 6.64. The summed E-state index contributed by atoms with van der Waals surface area (Å²) in [7, 11) is 18.5. The third kappa shape index (κ3) is 2.29. The molecule has 2 rings (SSSR count). The van der Waals surface area contributed by atoms with Crippen LogP contribution in [0.3, 0.4) is 0 Å². The second-order valence-corrected chi connectivity index (χ2v) is 8.03. The molecule has 1 heterocycles. The molecule has 1 unspecified atom stereocenters. The summed E-state index contributed by atoms with van der Waals surface area (Å²) >= 11 is 7.21. The van der Waals surface area contributed by atoms with E-state index in [-0.39, 0.29) is 5.00 Å². The first kappa shape index (κ1) is 14.5. The third-order valence-electron chi connectivity index (χ3n) is 2.57. The zero-order valence-corrected chi connectivity index (χ0v) is 15.5. The molecule has 86 valence electrons. The monoisotopic (exact) mass is 332 g/mol. The van der Waals surface area contributed by atoms with Crippen LogP contribution in [-0.2, 0) is 0 Å². The molecule has 0 N–H and O–H groups in total. The molecule has 2 nitrogen and oxygen atoms in total. The molecule has 0 bridgehead atoms. The Kier molecular flexibility index (Phi) is 4.24. The van der Waals surface area contributed by atoms with Gasteiger partial charge in [-0.3, -0.25) is 0 Å². The fourth-order valence-corrected chi connectivity index (χ4v) is 4.89. The lowest BCUT2D eigenvalue weighted by molar-refractivity contribution is 0.620. The maximum atomic E-state index is 5.48. The molecule has 1 aliphatic heterocycles. The average molecular weight is 333 g/mol. The minimum absolute atomic E-state index is 0.101. The molecule has 8 heteroatoms. The predicted molar refractivity (Wildman–Crippen MR) is 86.8 cm³/mol. The molecule has 1 aromatic rings. The number of nitrogens with zero attached hydrogens (tertiary/aromatic N) is 2. The Balaban J connectivity index is 2.58. The number of anilines is 1. The highest BCUT2D eigenvalue weighted by Gasteiger charge is 2.32. The molecule has 1 aliphatic rings. The van der Waals surface area contributed by atoms with Gasteiger partial charge in [-0.2, -0.15) is 0 Å². The summed E-state index contributed by atoms with van der Waals surface area (Å²) in [5, 5.41) is 3.76. The van der Waals surface area contributed by atoms with Crippen molar-refractivity contribution in [2.75, 3.05) is 19.0 Å². The van der Waals surface area contributed by atoms with Gasteiger partial charge in [-0.15, -0.1) is 11.8 Å². The number of rotatable bonds is 0. The summed E-state index contributed by atoms with van der Waals surface area (Å²) in [6.45, 7) is 0. The van der Waals surface area contributed by atoms with Gasteiger partial charge in [-0.1, -0.05) is 10.4 Å². The number of thiocarbonyl (C=S) groups is 1. The number of thioether (sulfide) groups is 1. The van der Waals surface area contributed by atoms with E-state index in [2.05, 4.69) is 51.9 Å². The van der Waals surface area contributed by atoms with Gasteiger partial charge in [0.1, 0.15) is 0 Å². The summed E-state index contributed by atoms with van der Waals surface area (Å²) in [6, 6.07) is 2.09. The van der Waals surface area contributed by atoms with Crippen molar-refractivity contribution in [3.63, 3.8) is 0 Å². The van der Waals surface area contributed by atoms with Crippen molar-refractivity contribution in [2.24, 2.45) is 0 Å². The number of fused-ring (bicyclic) bond motifs is 1. The lowest BCUT2D eigenvalue weighted by atomic mass is 10.3. The molecule has 0 spiro atoms. The van der Waals surface area contributed by atoms with E-state index >= 15 is 0 Å². The van der Waals surface area contributed by atoms with E-state index in [1.165, 1.54) is 4.90 Å². The van der Waals surface area contributed by atoms with Gasteiger partial charge in [0.2, 0.25) is 0 Å². The van der Waals surface area contributed by atoms with Crippen LogP contribution >= 0.6 is 24.0 Å². The Morgan fingerprint density at radius 3 is 2.50 bits per heavy atom. The number of hydrogen-bond acceptors (Lipinski definition) is 2. The molecular formula is C10H8N2S2Si4. The first-order valence-corrected chi connectivity index (χ1v) is 8.45. The Labute approximate surface area is 131 Å². The topological polar surface area (TPSA) is 6.48 Å². The number of hydrogen-bond donors (Lipinski definition) is 0. The fourth-order valence-electron chi connectivity index (χ4n) is 1.68. The van der Waals surface area contributed by atoms with Gasteiger partial charge in [0, 0.05) is 19.0 Å². The zero-order valence-electron chi connectivity index (χ0n) is 9.87. The highest BCUT2D eigenvalue weighted by molar-refractivity contribution is 8.01. The predicted octanol–water partition coefficient (Wildman–Crippen LogP) is -1.72. The van der Waals surface area contributed by atoms with E-state index in [4.69, 9.17) is 12.2 Å². The summed E-state index contributed by atoms with van der Waals surface area (Å²) in [5.41, 5.74) is 1.09. The molecule has 1 aromatic carbocycles. The lowest BCUT2D eigenvalue weighted by Gasteiger charge is -2.30.